The van der Waals surface area contributed by atoms with Crippen molar-refractivity contribution in [1.82, 2.24) is 24.9 Å². The monoisotopic (exact) mass is 586 g/mol. The number of benzene rings is 1. The summed E-state index contributed by atoms with van der Waals surface area (Å²) in [6.07, 6.45) is -0.845. The molecule has 0 saturated carbocycles. The van der Waals surface area contributed by atoms with Gasteiger partial charge in [-0.2, -0.15) is 10.2 Å². The summed E-state index contributed by atoms with van der Waals surface area (Å²) in [6.45, 7) is 13.2. The van der Waals surface area contributed by atoms with Crippen molar-refractivity contribution in [2.24, 2.45) is 0 Å². The smallest absolute Gasteiger partial charge is 0.407 e. The Kier molecular flexibility index (Phi) is 8.51. The van der Waals surface area contributed by atoms with Gasteiger partial charge < -0.3 is 19.6 Å². The van der Waals surface area contributed by atoms with Gasteiger partial charge in [-0.1, -0.05) is 19.9 Å². The fourth-order valence-electron chi connectivity index (χ4n) is 6.47. The summed E-state index contributed by atoms with van der Waals surface area (Å²) in [7, 11) is 0. The van der Waals surface area contributed by atoms with E-state index in [4.69, 9.17) is 4.74 Å². The largest absolute Gasteiger partial charge is 0.465 e. The Balaban J connectivity index is 1.38. The maximum Gasteiger partial charge on any atom is 0.407 e. The number of hydrogen-bond donors (Lipinski definition) is 1. The minimum Gasteiger partial charge on any atom is -0.465 e. The normalized spacial score (nSPS) is 26.4. The maximum atomic E-state index is 14.4. The third-order valence-electron chi connectivity index (χ3n) is 8.81. The zero-order valence-electron chi connectivity index (χ0n) is 24.9. The van der Waals surface area contributed by atoms with Gasteiger partial charge in [-0.25, -0.2) is 13.6 Å². The second-order valence-electron chi connectivity index (χ2n) is 12.6. The van der Waals surface area contributed by atoms with Gasteiger partial charge in [0, 0.05) is 68.2 Å². The molecule has 2 aromatic rings. The van der Waals surface area contributed by atoms with Crippen LogP contribution in [-0.2, 0) is 21.4 Å². The molecule has 0 radical (unpaired) electrons. The summed E-state index contributed by atoms with van der Waals surface area (Å²) >= 11 is 0. The van der Waals surface area contributed by atoms with Crippen LogP contribution < -0.4 is 4.90 Å². The fraction of sp³-hybridized carbons (Fsp3) is 0.600. The van der Waals surface area contributed by atoms with Crippen LogP contribution in [0.4, 0.5) is 19.3 Å². The van der Waals surface area contributed by atoms with Gasteiger partial charge in [0.15, 0.2) is 0 Å². The van der Waals surface area contributed by atoms with Crippen LogP contribution in [0.1, 0.15) is 51.6 Å². The van der Waals surface area contributed by atoms with Crippen molar-refractivity contribution in [3.8, 4) is 0 Å². The van der Waals surface area contributed by atoms with Crippen molar-refractivity contribution in [3.05, 3.63) is 52.9 Å². The first-order valence-electron chi connectivity index (χ1n) is 14.5. The summed E-state index contributed by atoms with van der Waals surface area (Å²) < 4.78 is 33.5. The van der Waals surface area contributed by atoms with E-state index in [2.05, 4.69) is 33.8 Å². The van der Waals surface area contributed by atoms with Gasteiger partial charge in [-0.15, -0.1) is 0 Å². The Morgan fingerprint density at radius 1 is 1.05 bits per heavy atom. The first-order chi connectivity index (χ1) is 19.8. The van der Waals surface area contributed by atoms with Gasteiger partial charge in [0.2, 0.25) is 5.91 Å². The van der Waals surface area contributed by atoms with E-state index in [1.807, 2.05) is 20.8 Å². The highest BCUT2D eigenvalue weighted by atomic mass is 19.1. The molecule has 42 heavy (non-hydrogen) atoms. The van der Waals surface area contributed by atoms with E-state index in [9.17, 15) is 23.5 Å². The number of carboxylic acid groups (broad SMARTS) is 1. The molecule has 3 aliphatic rings. The van der Waals surface area contributed by atoms with E-state index < -0.39 is 23.1 Å². The quantitative estimate of drug-likeness (QED) is 0.551. The van der Waals surface area contributed by atoms with E-state index in [1.165, 1.54) is 17.0 Å². The molecule has 0 bridgehead atoms. The number of aromatic nitrogens is 2. The van der Waals surface area contributed by atoms with E-state index in [1.54, 1.807) is 11.0 Å². The van der Waals surface area contributed by atoms with Crippen LogP contribution in [0, 0.1) is 11.6 Å². The number of carbonyl (C=O) groups is 2. The Labute approximate surface area is 245 Å². The number of nitrogens with zero attached hydrogens (tertiary/aromatic N) is 6. The molecular weight excluding hydrogens is 546 g/mol. The SMILES string of the molecule is C[C@@H]1CN(CC(=O)N2CC(C)(C)c3nnc(Cc4ccc(F)cc4F)cc32)[C@@H](CN2[C@H](C)COC[C@H]2C)CN1C(=O)O. The molecule has 0 aliphatic carbocycles. The number of fused-ring (bicyclic) bond motifs is 1. The van der Waals surface area contributed by atoms with Crippen molar-refractivity contribution >= 4 is 17.7 Å². The number of anilines is 1. The second-order valence-corrected chi connectivity index (χ2v) is 12.6. The minimum absolute atomic E-state index is 0.113. The maximum absolute atomic E-state index is 14.4. The average molecular weight is 587 g/mol. The number of piperazine rings is 1. The summed E-state index contributed by atoms with van der Waals surface area (Å²) in [5.74, 6) is -1.42. The van der Waals surface area contributed by atoms with Crippen LogP contribution in [-0.4, -0.2) is 112 Å². The van der Waals surface area contributed by atoms with Crippen LogP contribution in [0.15, 0.2) is 24.3 Å². The first kappa shape index (κ1) is 30.2. The second kappa shape index (κ2) is 11.8. The van der Waals surface area contributed by atoms with Gasteiger partial charge >= 0.3 is 6.09 Å². The minimum atomic E-state index is -0.958. The van der Waals surface area contributed by atoms with Crippen LogP contribution in [0.5, 0.6) is 0 Å². The number of amides is 2. The molecule has 2 amide bonds. The summed E-state index contributed by atoms with van der Waals surface area (Å²) in [6, 6.07) is 5.13. The van der Waals surface area contributed by atoms with Crippen molar-refractivity contribution in [2.75, 3.05) is 50.8 Å². The van der Waals surface area contributed by atoms with E-state index >= 15 is 0 Å². The lowest BCUT2D eigenvalue weighted by atomic mass is 9.91. The lowest BCUT2D eigenvalue weighted by molar-refractivity contribution is -0.122. The summed E-state index contributed by atoms with van der Waals surface area (Å²) in [4.78, 5) is 33.6. The first-order valence-corrected chi connectivity index (χ1v) is 14.5. The van der Waals surface area contributed by atoms with Crippen LogP contribution in [0.3, 0.4) is 0 Å². The average Bonchev–Trinajstić information content (AvgIpc) is 3.19. The molecule has 3 aliphatic heterocycles. The molecule has 4 heterocycles. The van der Waals surface area contributed by atoms with E-state index in [0.717, 1.165) is 6.07 Å². The van der Waals surface area contributed by atoms with Crippen LogP contribution in [0.25, 0.3) is 0 Å². The van der Waals surface area contributed by atoms with Gasteiger partial charge in [-0.3, -0.25) is 14.6 Å². The highest BCUT2D eigenvalue weighted by molar-refractivity contribution is 5.97. The van der Waals surface area contributed by atoms with Crippen molar-refractivity contribution in [1.29, 1.82) is 0 Å². The molecule has 4 atom stereocenters. The molecule has 1 aromatic carbocycles. The zero-order valence-corrected chi connectivity index (χ0v) is 24.9. The Morgan fingerprint density at radius 2 is 1.76 bits per heavy atom. The lowest BCUT2D eigenvalue weighted by Crippen LogP contribution is -2.64. The predicted octanol–water partition coefficient (Wildman–Crippen LogP) is 3.13. The van der Waals surface area contributed by atoms with Crippen molar-refractivity contribution < 1.29 is 28.2 Å². The third-order valence-corrected chi connectivity index (χ3v) is 8.81. The van der Waals surface area contributed by atoms with Crippen molar-refractivity contribution in [3.63, 3.8) is 0 Å². The Hall–Kier alpha value is -3.22. The van der Waals surface area contributed by atoms with Gasteiger partial charge in [-0.05, 0) is 38.5 Å². The van der Waals surface area contributed by atoms with Crippen LogP contribution in [0.2, 0.25) is 0 Å². The Bertz CT molecular complexity index is 1330. The number of hydrogen-bond acceptors (Lipinski definition) is 7. The molecule has 1 aromatic heterocycles. The number of rotatable bonds is 6. The summed E-state index contributed by atoms with van der Waals surface area (Å²) in [5, 5.41) is 18.6. The molecule has 5 rings (SSSR count). The fourth-order valence-corrected chi connectivity index (χ4v) is 6.47. The molecular formula is C30H40F2N6O4. The number of morpholine rings is 1. The summed E-state index contributed by atoms with van der Waals surface area (Å²) in [5.41, 5.74) is 1.66. The van der Waals surface area contributed by atoms with Gasteiger partial charge in [0.1, 0.15) is 11.6 Å². The highest BCUT2D eigenvalue weighted by Gasteiger charge is 2.43. The van der Waals surface area contributed by atoms with E-state index in [-0.39, 0.29) is 43.0 Å². The molecule has 12 heteroatoms. The molecule has 0 unspecified atom stereocenters. The molecule has 1 N–H and O–H groups in total. The molecule has 10 nitrogen and oxygen atoms in total. The van der Waals surface area contributed by atoms with E-state index in [0.29, 0.717) is 62.0 Å². The van der Waals surface area contributed by atoms with Crippen LogP contribution >= 0.6 is 0 Å². The predicted molar refractivity (Wildman–Crippen MR) is 153 cm³/mol. The van der Waals surface area contributed by atoms with Gasteiger partial charge in [0.05, 0.1) is 36.8 Å². The lowest BCUT2D eigenvalue weighted by Gasteiger charge is -2.48. The molecule has 228 valence electrons. The van der Waals surface area contributed by atoms with Gasteiger partial charge in [0.25, 0.3) is 0 Å². The molecule has 0 spiro atoms. The molecule has 2 saturated heterocycles. The number of halogens is 2. The highest BCUT2D eigenvalue weighted by Crippen LogP contribution is 2.39. The topological polar surface area (TPSA) is 102 Å². The number of ether oxygens (including phenoxy) is 1. The standard InChI is InChI=1S/C30H40F2N6O4/c1-18-11-35(24(13-37(18)29(40)41)12-36-19(2)15-42-16-20(36)3)14-27(39)38-17-30(4,5)28-26(38)10-23(33-34-28)8-21-6-7-22(31)9-25(21)32/h6-7,9-10,18-20,24H,8,11-17H2,1-5H3,(H,40,41)/t18-,19-,20-,24+/m1/s1. The Morgan fingerprint density at radius 3 is 2.43 bits per heavy atom. The molecule has 2 fully saturated rings. The van der Waals surface area contributed by atoms with Crippen molar-refractivity contribution in [2.45, 2.75) is 70.6 Å². The number of carbonyl (C=O) groups excluding carboxylic acids is 1. The third kappa shape index (κ3) is 6.11. The zero-order chi connectivity index (χ0) is 30.3.